The Bertz CT molecular complexity index is 876. The molecule has 0 bridgehead atoms. The molecule has 1 aliphatic heterocycles. The molecule has 7 nitrogen and oxygen atoms in total. The standard InChI is InChI=1S/C22H27N3O4/c1-16-5-3-4-6-18(16)14-24-9-11-25(12-10-24)22(27)17-7-8-19(20(13-17)28-2)29-15-21(23)26/h3-8,13H,9-12,14-15H2,1-2H3,(H2,23,26)/p+1. The van der Waals surface area contributed by atoms with E-state index in [2.05, 4.69) is 31.2 Å². The van der Waals surface area contributed by atoms with Crippen molar-refractivity contribution in [1.82, 2.24) is 4.90 Å². The van der Waals surface area contributed by atoms with Crippen LogP contribution in [-0.4, -0.2) is 56.6 Å². The first-order valence-electron chi connectivity index (χ1n) is 9.74. The predicted octanol–water partition coefficient (Wildman–Crippen LogP) is 0.409. The van der Waals surface area contributed by atoms with Gasteiger partial charge in [0.05, 0.1) is 33.3 Å². The lowest BCUT2D eigenvalue weighted by atomic mass is 10.1. The Kier molecular flexibility index (Phi) is 6.72. The molecule has 3 rings (SSSR count). The summed E-state index contributed by atoms with van der Waals surface area (Å²) in [5.41, 5.74) is 8.31. The lowest BCUT2D eigenvalue weighted by molar-refractivity contribution is -0.917. The van der Waals surface area contributed by atoms with Crippen molar-refractivity contribution in [2.45, 2.75) is 13.5 Å². The van der Waals surface area contributed by atoms with Crippen LogP contribution in [0, 0.1) is 6.92 Å². The Morgan fingerprint density at radius 2 is 1.83 bits per heavy atom. The summed E-state index contributed by atoms with van der Waals surface area (Å²) in [5.74, 6) is 0.189. The van der Waals surface area contributed by atoms with Crippen molar-refractivity contribution in [3.05, 3.63) is 59.2 Å². The highest BCUT2D eigenvalue weighted by atomic mass is 16.5. The van der Waals surface area contributed by atoms with Crippen molar-refractivity contribution in [2.24, 2.45) is 5.73 Å². The Balaban J connectivity index is 1.60. The molecule has 0 saturated carbocycles. The number of piperazine rings is 1. The van der Waals surface area contributed by atoms with Crippen LogP contribution >= 0.6 is 0 Å². The molecule has 0 atom stereocenters. The van der Waals surface area contributed by atoms with Crippen LogP contribution in [0.3, 0.4) is 0 Å². The summed E-state index contributed by atoms with van der Waals surface area (Å²) in [5, 5.41) is 0. The van der Waals surface area contributed by atoms with Gasteiger partial charge in [-0.1, -0.05) is 24.3 Å². The molecule has 2 aromatic rings. The molecule has 7 heteroatoms. The zero-order valence-corrected chi connectivity index (χ0v) is 16.9. The second-order valence-corrected chi connectivity index (χ2v) is 7.27. The molecular weight excluding hydrogens is 370 g/mol. The van der Waals surface area contributed by atoms with Gasteiger partial charge in [-0.25, -0.2) is 0 Å². The van der Waals surface area contributed by atoms with Crippen LogP contribution in [0.15, 0.2) is 42.5 Å². The van der Waals surface area contributed by atoms with E-state index in [1.807, 2.05) is 4.90 Å². The number of amides is 2. The highest BCUT2D eigenvalue weighted by Gasteiger charge is 2.25. The Labute approximate surface area is 171 Å². The zero-order valence-electron chi connectivity index (χ0n) is 16.9. The third-order valence-corrected chi connectivity index (χ3v) is 5.24. The molecule has 0 radical (unpaired) electrons. The Hall–Kier alpha value is -3.06. The number of aryl methyl sites for hydroxylation is 1. The molecule has 0 aromatic heterocycles. The molecule has 3 N–H and O–H groups in total. The van der Waals surface area contributed by atoms with Crippen molar-refractivity contribution in [3.63, 3.8) is 0 Å². The van der Waals surface area contributed by atoms with Gasteiger partial charge in [0.1, 0.15) is 6.54 Å². The van der Waals surface area contributed by atoms with Gasteiger partial charge >= 0.3 is 0 Å². The monoisotopic (exact) mass is 398 g/mol. The van der Waals surface area contributed by atoms with E-state index in [9.17, 15) is 9.59 Å². The molecule has 2 amide bonds. The zero-order chi connectivity index (χ0) is 20.8. The summed E-state index contributed by atoms with van der Waals surface area (Å²) in [6.45, 7) is 6.13. The maximum Gasteiger partial charge on any atom is 0.255 e. The minimum absolute atomic E-state index is 0.0281. The molecule has 0 aliphatic carbocycles. The van der Waals surface area contributed by atoms with E-state index in [1.165, 1.54) is 23.1 Å². The highest BCUT2D eigenvalue weighted by Crippen LogP contribution is 2.28. The molecule has 29 heavy (non-hydrogen) atoms. The Morgan fingerprint density at radius 1 is 1.10 bits per heavy atom. The van der Waals surface area contributed by atoms with Gasteiger partial charge in [-0.3, -0.25) is 9.59 Å². The van der Waals surface area contributed by atoms with E-state index in [0.29, 0.717) is 30.2 Å². The van der Waals surface area contributed by atoms with E-state index in [1.54, 1.807) is 18.2 Å². The van der Waals surface area contributed by atoms with Gasteiger partial charge in [-0.15, -0.1) is 0 Å². The average Bonchev–Trinajstić information content (AvgIpc) is 2.73. The first-order chi connectivity index (χ1) is 14.0. The molecule has 1 heterocycles. The van der Waals surface area contributed by atoms with E-state index < -0.39 is 5.91 Å². The van der Waals surface area contributed by atoms with Gasteiger partial charge in [0.25, 0.3) is 11.8 Å². The minimum atomic E-state index is -0.571. The number of carbonyl (C=O) groups is 2. The minimum Gasteiger partial charge on any atom is -0.493 e. The number of nitrogens with zero attached hydrogens (tertiary/aromatic N) is 1. The van der Waals surface area contributed by atoms with E-state index in [0.717, 1.165) is 19.6 Å². The van der Waals surface area contributed by atoms with Gasteiger partial charge in [0, 0.05) is 11.1 Å². The van der Waals surface area contributed by atoms with E-state index >= 15 is 0 Å². The summed E-state index contributed by atoms with van der Waals surface area (Å²) in [7, 11) is 1.49. The summed E-state index contributed by atoms with van der Waals surface area (Å²) in [6.07, 6.45) is 0. The maximum absolute atomic E-state index is 12.9. The van der Waals surface area contributed by atoms with Gasteiger partial charge in [0.15, 0.2) is 18.1 Å². The smallest absolute Gasteiger partial charge is 0.255 e. The van der Waals surface area contributed by atoms with Crippen LogP contribution in [0.4, 0.5) is 0 Å². The summed E-state index contributed by atoms with van der Waals surface area (Å²) in [6, 6.07) is 13.4. The fraction of sp³-hybridized carbons (Fsp3) is 0.364. The third kappa shape index (κ3) is 5.26. The first-order valence-corrected chi connectivity index (χ1v) is 9.74. The highest BCUT2D eigenvalue weighted by molar-refractivity contribution is 5.95. The molecule has 1 aliphatic rings. The summed E-state index contributed by atoms with van der Waals surface area (Å²) in [4.78, 5) is 27.2. The second-order valence-electron chi connectivity index (χ2n) is 7.27. The van der Waals surface area contributed by atoms with Crippen molar-refractivity contribution in [3.8, 4) is 11.5 Å². The van der Waals surface area contributed by atoms with Crippen molar-refractivity contribution in [1.29, 1.82) is 0 Å². The number of hydrogen-bond acceptors (Lipinski definition) is 4. The first kappa shape index (κ1) is 20.7. The Morgan fingerprint density at radius 3 is 2.48 bits per heavy atom. The molecule has 0 spiro atoms. The summed E-state index contributed by atoms with van der Waals surface area (Å²) < 4.78 is 10.6. The predicted molar refractivity (Wildman–Crippen MR) is 109 cm³/mol. The lowest BCUT2D eigenvalue weighted by Crippen LogP contribution is -3.13. The maximum atomic E-state index is 12.9. The van der Waals surface area contributed by atoms with Crippen LogP contribution in [0.5, 0.6) is 11.5 Å². The van der Waals surface area contributed by atoms with E-state index in [-0.39, 0.29) is 12.5 Å². The van der Waals surface area contributed by atoms with Crippen LogP contribution in [0.2, 0.25) is 0 Å². The van der Waals surface area contributed by atoms with Crippen LogP contribution in [0.1, 0.15) is 21.5 Å². The van der Waals surface area contributed by atoms with Gasteiger partial charge in [0.2, 0.25) is 0 Å². The second kappa shape index (κ2) is 9.43. The SMILES string of the molecule is COc1cc(C(=O)N2CC[NH+](Cc3ccccc3C)CC2)ccc1OCC(N)=O. The van der Waals surface area contributed by atoms with Crippen LogP contribution < -0.4 is 20.1 Å². The quantitative estimate of drug-likeness (QED) is 0.707. The number of ether oxygens (including phenoxy) is 2. The van der Waals surface area contributed by atoms with Crippen LogP contribution in [-0.2, 0) is 11.3 Å². The normalized spacial score (nSPS) is 14.5. The molecule has 0 unspecified atom stereocenters. The molecular formula is C22H28N3O4+. The average molecular weight is 398 g/mol. The number of rotatable bonds is 7. The molecule has 1 saturated heterocycles. The van der Waals surface area contributed by atoms with Crippen molar-refractivity contribution < 1.29 is 24.0 Å². The number of nitrogens with one attached hydrogen (secondary N) is 1. The van der Waals surface area contributed by atoms with E-state index in [4.69, 9.17) is 15.2 Å². The molecule has 2 aromatic carbocycles. The van der Waals surface area contributed by atoms with Crippen LogP contribution in [0.25, 0.3) is 0 Å². The third-order valence-electron chi connectivity index (χ3n) is 5.24. The number of quaternary nitrogens is 1. The number of hydrogen-bond donors (Lipinski definition) is 2. The number of nitrogens with two attached hydrogens (primary N) is 1. The molecule has 1 fully saturated rings. The number of methoxy groups -OCH3 is 1. The number of carbonyl (C=O) groups excluding carboxylic acids is 2. The fourth-order valence-corrected chi connectivity index (χ4v) is 3.53. The largest absolute Gasteiger partial charge is 0.493 e. The van der Waals surface area contributed by atoms with Gasteiger partial charge in [-0.05, 0) is 30.7 Å². The lowest BCUT2D eigenvalue weighted by Gasteiger charge is -2.32. The number of primary amides is 1. The van der Waals surface area contributed by atoms with Crippen molar-refractivity contribution >= 4 is 11.8 Å². The summed E-state index contributed by atoms with van der Waals surface area (Å²) >= 11 is 0. The van der Waals surface area contributed by atoms with Gasteiger partial charge < -0.3 is 25.0 Å². The fourth-order valence-electron chi connectivity index (χ4n) is 3.53. The molecule has 154 valence electrons. The number of benzene rings is 2. The topological polar surface area (TPSA) is 86.3 Å². The van der Waals surface area contributed by atoms with Gasteiger partial charge in [-0.2, -0.15) is 0 Å². The van der Waals surface area contributed by atoms with Crippen molar-refractivity contribution in [2.75, 3.05) is 39.9 Å².